The molecule has 0 radical (unpaired) electrons. The number of ether oxygens (including phenoxy) is 3. The van der Waals surface area contributed by atoms with E-state index in [0.717, 1.165) is 5.92 Å². The molecule has 0 amide bonds. The van der Waals surface area contributed by atoms with Crippen molar-refractivity contribution in [2.24, 2.45) is 17.8 Å². The zero-order valence-electron chi connectivity index (χ0n) is 14.8. The summed E-state index contributed by atoms with van der Waals surface area (Å²) in [6, 6.07) is 0. The Morgan fingerprint density at radius 1 is 0.739 bits per heavy atom. The number of aliphatic hydroxyl groups is 2. The van der Waals surface area contributed by atoms with Crippen molar-refractivity contribution < 1.29 is 29.2 Å². The van der Waals surface area contributed by atoms with Crippen molar-refractivity contribution in [2.45, 2.75) is 84.3 Å². The van der Waals surface area contributed by atoms with Gasteiger partial charge < -0.3 is 24.4 Å². The van der Waals surface area contributed by atoms with E-state index in [4.69, 9.17) is 14.2 Å². The van der Waals surface area contributed by atoms with Gasteiger partial charge in [0.15, 0.2) is 12.2 Å². The fourth-order valence-corrected chi connectivity index (χ4v) is 3.52. The van der Waals surface area contributed by atoms with Gasteiger partial charge in [0, 0.05) is 0 Å². The molecule has 3 rings (SSSR count). The van der Waals surface area contributed by atoms with Crippen molar-refractivity contribution in [3.63, 3.8) is 0 Å². The molecule has 2 N–H and O–H groups in total. The molecule has 3 saturated heterocycles. The van der Waals surface area contributed by atoms with Crippen molar-refractivity contribution >= 4 is 5.97 Å². The van der Waals surface area contributed by atoms with E-state index in [9.17, 15) is 15.0 Å². The Morgan fingerprint density at radius 3 is 1.74 bits per heavy atom. The normalized spacial score (nSPS) is 52.4. The highest BCUT2D eigenvalue weighted by Crippen LogP contribution is 2.34. The molecular weight excluding hydrogens is 300 g/mol. The number of esters is 1. The fourth-order valence-electron chi connectivity index (χ4n) is 3.52. The van der Waals surface area contributed by atoms with E-state index in [0.29, 0.717) is 24.0 Å². The van der Waals surface area contributed by atoms with E-state index in [1.54, 1.807) is 6.92 Å². The lowest BCUT2D eigenvalue weighted by Crippen LogP contribution is -2.41. The van der Waals surface area contributed by atoms with E-state index in [-0.39, 0.29) is 6.10 Å². The molecule has 134 valence electrons. The zero-order chi connectivity index (χ0) is 17.5. The van der Waals surface area contributed by atoms with Crippen LogP contribution in [0.15, 0.2) is 0 Å². The molecule has 3 aliphatic rings. The summed E-state index contributed by atoms with van der Waals surface area (Å²) >= 11 is 0. The fraction of sp³-hybridized carbons (Fsp3) is 0.941. The Morgan fingerprint density at radius 2 is 1.26 bits per heavy atom. The van der Waals surface area contributed by atoms with E-state index in [2.05, 4.69) is 34.6 Å². The van der Waals surface area contributed by atoms with Gasteiger partial charge in [0.1, 0.15) is 12.2 Å². The Balaban J connectivity index is 0.000000168. The first kappa shape index (κ1) is 18.6. The maximum atomic E-state index is 10.8. The number of rotatable bonds is 0. The van der Waals surface area contributed by atoms with Crippen molar-refractivity contribution in [2.75, 3.05) is 0 Å². The third-order valence-electron chi connectivity index (χ3n) is 5.89. The van der Waals surface area contributed by atoms with Gasteiger partial charge in [0.05, 0.1) is 18.3 Å². The average molecular weight is 330 g/mol. The molecule has 7 unspecified atom stereocenters. The number of carbonyl (C=O) groups is 1. The minimum atomic E-state index is -1.24. The molecule has 3 fully saturated rings. The highest BCUT2D eigenvalue weighted by molar-refractivity contribution is 5.78. The minimum absolute atomic E-state index is 0.386. The Labute approximate surface area is 138 Å². The summed E-state index contributed by atoms with van der Waals surface area (Å²) in [6.07, 6.45) is -2.95. The summed E-state index contributed by atoms with van der Waals surface area (Å²) in [4.78, 5) is 10.8. The SMILES string of the molecule is CC1OC(C)C(C)C(C)C1C.CC1OC2C(OC(=O)[C@@H]2O)[C@H]1O. The van der Waals surface area contributed by atoms with E-state index >= 15 is 0 Å². The maximum absolute atomic E-state index is 10.8. The standard InChI is InChI=1S/C10H20O.C7H10O5/c1-6-7(2)9(4)11-10(5)8(6)3;1-2-3(8)5-6(11-2)4(9)7(10)12-5/h6-10H,1-5H3;2-6,8-9H,1H3/t;2?,3-,4+,5?,6?/m.0/s1. The number of hydrogen-bond acceptors (Lipinski definition) is 6. The van der Waals surface area contributed by atoms with Crippen LogP contribution in [0.25, 0.3) is 0 Å². The summed E-state index contributed by atoms with van der Waals surface area (Å²) in [6.45, 7) is 13.0. The lowest BCUT2D eigenvalue weighted by molar-refractivity contribution is -0.152. The summed E-state index contributed by atoms with van der Waals surface area (Å²) < 4.78 is 15.6. The monoisotopic (exact) mass is 330 g/mol. The van der Waals surface area contributed by atoms with Crippen molar-refractivity contribution in [1.29, 1.82) is 0 Å². The van der Waals surface area contributed by atoms with Crippen LogP contribution in [0.5, 0.6) is 0 Å². The topological polar surface area (TPSA) is 85.2 Å². The molecule has 3 aliphatic heterocycles. The molecule has 6 heteroatoms. The van der Waals surface area contributed by atoms with Crippen LogP contribution < -0.4 is 0 Å². The number of hydrogen-bond donors (Lipinski definition) is 2. The predicted octanol–water partition coefficient (Wildman–Crippen LogP) is 1.12. The molecule has 3 heterocycles. The first-order valence-electron chi connectivity index (χ1n) is 8.52. The van der Waals surface area contributed by atoms with Gasteiger partial charge in [-0.25, -0.2) is 4.79 Å². The van der Waals surface area contributed by atoms with Crippen LogP contribution in [0.2, 0.25) is 0 Å². The molecule has 6 nitrogen and oxygen atoms in total. The summed E-state index contributed by atoms with van der Waals surface area (Å²) in [5.74, 6) is 1.51. The maximum Gasteiger partial charge on any atom is 0.338 e. The summed E-state index contributed by atoms with van der Waals surface area (Å²) in [7, 11) is 0. The van der Waals surface area contributed by atoms with E-state index in [1.807, 2.05) is 0 Å². The molecule has 0 saturated carbocycles. The molecule has 0 aromatic rings. The molecule has 0 bridgehead atoms. The zero-order valence-corrected chi connectivity index (χ0v) is 14.8. The van der Waals surface area contributed by atoms with Crippen LogP contribution in [0.1, 0.15) is 41.5 Å². The van der Waals surface area contributed by atoms with Gasteiger partial charge in [-0.1, -0.05) is 20.8 Å². The number of carbonyl (C=O) groups excluding carboxylic acids is 1. The second kappa shape index (κ2) is 7.05. The third-order valence-corrected chi connectivity index (χ3v) is 5.89. The van der Waals surface area contributed by atoms with E-state index < -0.39 is 30.4 Å². The Kier molecular flexibility index (Phi) is 5.72. The van der Waals surface area contributed by atoms with Gasteiger partial charge in [0.25, 0.3) is 0 Å². The van der Waals surface area contributed by atoms with Crippen LogP contribution in [0, 0.1) is 17.8 Å². The smallest absolute Gasteiger partial charge is 0.338 e. The largest absolute Gasteiger partial charge is 0.455 e. The average Bonchev–Trinajstić information content (AvgIpc) is 2.94. The van der Waals surface area contributed by atoms with Crippen LogP contribution in [0.4, 0.5) is 0 Å². The van der Waals surface area contributed by atoms with Gasteiger partial charge in [-0.2, -0.15) is 0 Å². The predicted molar refractivity (Wildman–Crippen MR) is 83.7 cm³/mol. The lowest BCUT2D eigenvalue weighted by atomic mass is 9.77. The minimum Gasteiger partial charge on any atom is -0.455 e. The van der Waals surface area contributed by atoms with Gasteiger partial charge >= 0.3 is 5.97 Å². The molecule has 0 aliphatic carbocycles. The Hall–Kier alpha value is -0.690. The van der Waals surface area contributed by atoms with E-state index in [1.165, 1.54) is 0 Å². The molecule has 0 aromatic heterocycles. The molecular formula is C17H30O6. The second-order valence-corrected chi connectivity index (χ2v) is 7.27. The van der Waals surface area contributed by atoms with Crippen molar-refractivity contribution in [1.82, 2.24) is 0 Å². The highest BCUT2D eigenvalue weighted by Gasteiger charge is 2.55. The summed E-state index contributed by atoms with van der Waals surface area (Å²) in [5, 5.41) is 18.6. The van der Waals surface area contributed by atoms with Crippen molar-refractivity contribution in [3.05, 3.63) is 0 Å². The molecule has 23 heavy (non-hydrogen) atoms. The van der Waals surface area contributed by atoms with Crippen LogP contribution >= 0.6 is 0 Å². The van der Waals surface area contributed by atoms with Crippen LogP contribution in [-0.2, 0) is 19.0 Å². The summed E-state index contributed by atoms with van der Waals surface area (Å²) in [5.41, 5.74) is 0. The van der Waals surface area contributed by atoms with Crippen LogP contribution in [0.3, 0.4) is 0 Å². The number of fused-ring (bicyclic) bond motifs is 1. The molecule has 0 spiro atoms. The second-order valence-electron chi connectivity index (χ2n) is 7.27. The third kappa shape index (κ3) is 3.55. The molecule has 9 atom stereocenters. The first-order valence-corrected chi connectivity index (χ1v) is 8.52. The molecule has 0 aromatic carbocycles. The van der Waals surface area contributed by atoms with Gasteiger partial charge in [0.2, 0.25) is 0 Å². The van der Waals surface area contributed by atoms with Gasteiger partial charge in [-0.3, -0.25) is 0 Å². The lowest BCUT2D eigenvalue weighted by Gasteiger charge is -2.41. The number of aliphatic hydroxyl groups excluding tert-OH is 2. The van der Waals surface area contributed by atoms with Gasteiger partial charge in [-0.15, -0.1) is 0 Å². The highest BCUT2D eigenvalue weighted by atomic mass is 16.6. The van der Waals surface area contributed by atoms with Crippen molar-refractivity contribution in [3.8, 4) is 0 Å². The first-order chi connectivity index (χ1) is 10.6. The van der Waals surface area contributed by atoms with Gasteiger partial charge in [-0.05, 0) is 38.5 Å². The Bertz CT molecular complexity index is 413. The quantitative estimate of drug-likeness (QED) is 0.648. The van der Waals surface area contributed by atoms with Crippen LogP contribution in [-0.4, -0.2) is 58.9 Å².